The minimum absolute atomic E-state index is 0.151. The minimum Gasteiger partial charge on any atom is -0.271 e. The third-order valence-electron chi connectivity index (χ3n) is 2.78. The number of hydrazone groups is 1. The number of amides is 1. The number of hydrogen-bond donors (Lipinski definition) is 1. The molecule has 104 valence electrons. The summed E-state index contributed by atoms with van der Waals surface area (Å²) in [5, 5.41) is 8.27. The third kappa shape index (κ3) is 3.50. The quantitative estimate of drug-likeness (QED) is 0.675. The lowest BCUT2D eigenvalue weighted by Gasteiger charge is -2.04. The molecule has 0 aliphatic rings. The molecule has 0 bridgehead atoms. The molecule has 0 radical (unpaired) electrons. The van der Waals surface area contributed by atoms with E-state index < -0.39 is 0 Å². The summed E-state index contributed by atoms with van der Waals surface area (Å²) in [7, 11) is 0. The summed E-state index contributed by atoms with van der Waals surface area (Å²) >= 11 is 0. The van der Waals surface area contributed by atoms with Crippen LogP contribution in [0.5, 0.6) is 0 Å². The first kappa shape index (κ1) is 13.9. The van der Waals surface area contributed by atoms with Gasteiger partial charge >= 0.3 is 0 Å². The summed E-state index contributed by atoms with van der Waals surface area (Å²) in [4.78, 5) is 16.0. The van der Waals surface area contributed by atoms with E-state index in [4.69, 9.17) is 0 Å². The fraction of sp³-hybridized carbons (Fsp3) is 0.286. The molecular weight excluding hydrogens is 254 g/mol. The summed E-state index contributed by atoms with van der Waals surface area (Å²) in [6.45, 7) is 5.76. The zero-order chi connectivity index (χ0) is 14.5. The second kappa shape index (κ2) is 6.10. The van der Waals surface area contributed by atoms with Crippen LogP contribution in [0.25, 0.3) is 0 Å². The maximum Gasteiger partial charge on any atom is 0.261 e. The first-order chi connectivity index (χ1) is 9.56. The van der Waals surface area contributed by atoms with Gasteiger partial charge in [-0.05, 0) is 39.0 Å². The molecule has 0 saturated heterocycles. The topological polar surface area (TPSA) is 72.2 Å². The Morgan fingerprint density at radius 3 is 2.80 bits per heavy atom. The number of pyridine rings is 1. The highest BCUT2D eigenvalue weighted by molar-refractivity contribution is 5.97. The van der Waals surface area contributed by atoms with Gasteiger partial charge in [0.1, 0.15) is 6.54 Å². The number of carbonyl (C=O) groups excluding carboxylic acids is 1. The second-order valence-corrected chi connectivity index (χ2v) is 4.53. The van der Waals surface area contributed by atoms with Crippen molar-refractivity contribution in [3.63, 3.8) is 0 Å². The van der Waals surface area contributed by atoms with E-state index >= 15 is 0 Å². The van der Waals surface area contributed by atoms with Gasteiger partial charge in [0.05, 0.1) is 17.1 Å². The largest absolute Gasteiger partial charge is 0.271 e. The van der Waals surface area contributed by atoms with Crippen molar-refractivity contribution in [2.75, 3.05) is 0 Å². The zero-order valence-electron chi connectivity index (χ0n) is 11.8. The lowest BCUT2D eigenvalue weighted by Crippen LogP contribution is -2.25. The van der Waals surface area contributed by atoms with E-state index in [2.05, 4.69) is 20.6 Å². The third-order valence-corrected chi connectivity index (χ3v) is 2.78. The molecule has 0 aliphatic carbocycles. The highest BCUT2D eigenvalue weighted by atomic mass is 16.2. The first-order valence-electron chi connectivity index (χ1n) is 6.32. The molecule has 0 fully saturated rings. The van der Waals surface area contributed by atoms with Gasteiger partial charge in [0.25, 0.3) is 5.91 Å². The lowest BCUT2D eigenvalue weighted by molar-refractivity contribution is -0.121. The van der Waals surface area contributed by atoms with Crippen molar-refractivity contribution in [1.29, 1.82) is 0 Å². The molecule has 2 aromatic heterocycles. The van der Waals surface area contributed by atoms with Crippen molar-refractivity contribution in [1.82, 2.24) is 20.2 Å². The van der Waals surface area contributed by atoms with Crippen LogP contribution in [0, 0.1) is 13.8 Å². The van der Waals surface area contributed by atoms with Gasteiger partial charge in [-0.3, -0.25) is 14.5 Å². The summed E-state index contributed by atoms with van der Waals surface area (Å²) in [6.07, 6.45) is 1.69. The number of aromatic nitrogens is 3. The summed E-state index contributed by atoms with van der Waals surface area (Å²) in [5.74, 6) is -0.216. The molecule has 20 heavy (non-hydrogen) atoms. The molecule has 2 aromatic rings. The van der Waals surface area contributed by atoms with Crippen molar-refractivity contribution in [3.8, 4) is 0 Å². The van der Waals surface area contributed by atoms with E-state index in [1.165, 1.54) is 0 Å². The van der Waals surface area contributed by atoms with Crippen LogP contribution in [0.15, 0.2) is 35.6 Å². The van der Waals surface area contributed by atoms with Gasteiger partial charge in [-0.1, -0.05) is 6.07 Å². The van der Waals surface area contributed by atoms with Crippen molar-refractivity contribution in [3.05, 3.63) is 47.5 Å². The average Bonchev–Trinajstić information content (AvgIpc) is 2.75. The standard InChI is InChI=1S/C14H17N5O/c1-10-8-11(2)19(18-10)9-14(20)17-16-12(3)13-6-4-5-7-15-13/h4-8H,9H2,1-3H3,(H,17,20)/b16-12+. The normalized spacial score (nSPS) is 11.4. The smallest absolute Gasteiger partial charge is 0.261 e. The molecule has 1 amide bonds. The number of hydrogen-bond acceptors (Lipinski definition) is 4. The number of nitrogens with one attached hydrogen (secondary N) is 1. The minimum atomic E-state index is -0.216. The molecule has 0 spiro atoms. The van der Waals surface area contributed by atoms with Crippen LogP contribution in [0.3, 0.4) is 0 Å². The number of rotatable bonds is 4. The van der Waals surface area contributed by atoms with Crippen molar-refractivity contribution in [2.24, 2.45) is 5.10 Å². The van der Waals surface area contributed by atoms with E-state index in [-0.39, 0.29) is 12.5 Å². The van der Waals surface area contributed by atoms with Crippen molar-refractivity contribution >= 4 is 11.6 Å². The molecule has 6 nitrogen and oxygen atoms in total. The molecule has 0 aromatic carbocycles. The van der Waals surface area contributed by atoms with Crippen LogP contribution in [0.1, 0.15) is 24.0 Å². The van der Waals surface area contributed by atoms with E-state index in [1.807, 2.05) is 38.1 Å². The van der Waals surface area contributed by atoms with Crippen LogP contribution in [-0.2, 0) is 11.3 Å². The number of nitrogens with zero attached hydrogens (tertiary/aromatic N) is 4. The lowest BCUT2D eigenvalue weighted by atomic mass is 10.3. The average molecular weight is 271 g/mol. The van der Waals surface area contributed by atoms with E-state index in [0.717, 1.165) is 17.1 Å². The molecule has 1 N–H and O–H groups in total. The van der Waals surface area contributed by atoms with Gasteiger partial charge in [-0.25, -0.2) is 5.43 Å². The number of carbonyl (C=O) groups is 1. The highest BCUT2D eigenvalue weighted by Crippen LogP contribution is 2.01. The molecule has 0 atom stereocenters. The van der Waals surface area contributed by atoms with Crippen molar-refractivity contribution < 1.29 is 4.79 Å². The SMILES string of the molecule is C/C(=N\NC(=O)Cn1nc(C)cc1C)c1ccccn1. The predicted molar refractivity (Wildman–Crippen MR) is 76.3 cm³/mol. The molecule has 2 heterocycles. The van der Waals surface area contributed by atoms with Gasteiger partial charge in [0.15, 0.2) is 0 Å². The van der Waals surface area contributed by atoms with Crippen LogP contribution in [0.4, 0.5) is 0 Å². The molecule has 6 heteroatoms. The van der Waals surface area contributed by atoms with Crippen molar-refractivity contribution in [2.45, 2.75) is 27.3 Å². The summed E-state index contributed by atoms with van der Waals surface area (Å²) in [6, 6.07) is 7.47. The van der Waals surface area contributed by atoms with E-state index in [9.17, 15) is 4.79 Å². The Kier molecular flexibility index (Phi) is 4.24. The Morgan fingerprint density at radius 1 is 1.40 bits per heavy atom. The summed E-state index contributed by atoms with van der Waals surface area (Å²) < 4.78 is 1.65. The number of aryl methyl sites for hydroxylation is 2. The summed E-state index contributed by atoms with van der Waals surface area (Å²) in [5.41, 5.74) is 5.75. The Bertz CT molecular complexity index is 630. The zero-order valence-corrected chi connectivity index (χ0v) is 11.8. The maximum absolute atomic E-state index is 11.8. The van der Waals surface area contributed by atoms with E-state index in [0.29, 0.717) is 5.71 Å². The van der Waals surface area contributed by atoms with Crippen LogP contribution < -0.4 is 5.43 Å². The highest BCUT2D eigenvalue weighted by Gasteiger charge is 2.06. The predicted octanol–water partition coefficient (Wildman–Crippen LogP) is 1.44. The molecule has 0 saturated carbocycles. The van der Waals surface area contributed by atoms with E-state index in [1.54, 1.807) is 17.8 Å². The fourth-order valence-electron chi connectivity index (χ4n) is 1.79. The Labute approximate surface area is 117 Å². The first-order valence-corrected chi connectivity index (χ1v) is 6.32. The Hall–Kier alpha value is -2.50. The maximum atomic E-state index is 11.8. The Morgan fingerprint density at radius 2 is 2.20 bits per heavy atom. The van der Waals surface area contributed by atoms with Gasteiger partial charge in [0, 0.05) is 11.9 Å². The fourth-order valence-corrected chi connectivity index (χ4v) is 1.79. The van der Waals surface area contributed by atoms with Gasteiger partial charge in [0.2, 0.25) is 0 Å². The molecule has 2 rings (SSSR count). The Balaban J connectivity index is 1.97. The van der Waals surface area contributed by atoms with Crippen LogP contribution in [0.2, 0.25) is 0 Å². The van der Waals surface area contributed by atoms with Gasteiger partial charge in [-0.2, -0.15) is 10.2 Å². The second-order valence-electron chi connectivity index (χ2n) is 4.53. The monoisotopic (exact) mass is 271 g/mol. The van der Waals surface area contributed by atoms with Crippen LogP contribution in [-0.4, -0.2) is 26.4 Å². The molecule has 0 aliphatic heterocycles. The van der Waals surface area contributed by atoms with Crippen LogP contribution >= 0.6 is 0 Å². The molecular formula is C14H17N5O. The van der Waals surface area contributed by atoms with Gasteiger partial charge in [-0.15, -0.1) is 0 Å². The van der Waals surface area contributed by atoms with Gasteiger partial charge < -0.3 is 0 Å². The molecule has 0 unspecified atom stereocenters.